The van der Waals surface area contributed by atoms with Gasteiger partial charge < -0.3 is 9.73 Å². The van der Waals surface area contributed by atoms with Crippen LogP contribution in [0.15, 0.2) is 82.3 Å². The number of urea groups is 1. The van der Waals surface area contributed by atoms with Crippen LogP contribution in [0.5, 0.6) is 0 Å². The SMILES string of the molecule is CC1(CCc2ccccc2)NC(=O)N(NC(=O)c2ccc(S(=O)(=O)NCc3ccco3)cc2)C1=O. The largest absolute Gasteiger partial charge is 0.468 e. The van der Waals surface area contributed by atoms with Crippen LogP contribution < -0.4 is 15.5 Å². The highest BCUT2D eigenvalue weighted by Crippen LogP contribution is 2.22. The molecule has 0 radical (unpaired) electrons. The molecular weight excluding hydrogens is 472 g/mol. The summed E-state index contributed by atoms with van der Waals surface area (Å²) in [7, 11) is -3.83. The van der Waals surface area contributed by atoms with Crippen molar-refractivity contribution in [3.8, 4) is 0 Å². The first-order chi connectivity index (χ1) is 16.7. The monoisotopic (exact) mass is 496 g/mol. The smallest absolute Gasteiger partial charge is 0.344 e. The van der Waals surface area contributed by atoms with Gasteiger partial charge in [-0.25, -0.2) is 17.9 Å². The van der Waals surface area contributed by atoms with Crippen LogP contribution >= 0.6 is 0 Å². The van der Waals surface area contributed by atoms with Crippen LogP contribution in [0, 0.1) is 0 Å². The van der Waals surface area contributed by atoms with Gasteiger partial charge >= 0.3 is 6.03 Å². The van der Waals surface area contributed by atoms with Gasteiger partial charge in [-0.3, -0.25) is 15.0 Å². The van der Waals surface area contributed by atoms with Crippen LogP contribution in [0.25, 0.3) is 0 Å². The van der Waals surface area contributed by atoms with Crippen LogP contribution in [0.2, 0.25) is 0 Å². The van der Waals surface area contributed by atoms with Crippen molar-refractivity contribution in [1.82, 2.24) is 20.5 Å². The molecule has 0 bridgehead atoms. The molecule has 0 aliphatic carbocycles. The molecule has 1 aliphatic rings. The normalized spacial score (nSPS) is 17.9. The number of hydrazine groups is 1. The highest BCUT2D eigenvalue weighted by atomic mass is 32.2. The average molecular weight is 497 g/mol. The van der Waals surface area contributed by atoms with Crippen molar-refractivity contribution >= 4 is 27.9 Å². The molecule has 1 saturated heterocycles. The number of imide groups is 1. The summed E-state index contributed by atoms with van der Waals surface area (Å²) >= 11 is 0. The van der Waals surface area contributed by atoms with Crippen molar-refractivity contribution in [1.29, 1.82) is 0 Å². The van der Waals surface area contributed by atoms with Crippen LogP contribution in [0.4, 0.5) is 4.79 Å². The Morgan fingerprint density at radius 2 is 1.74 bits per heavy atom. The van der Waals surface area contributed by atoms with E-state index in [1.54, 1.807) is 19.1 Å². The lowest BCUT2D eigenvalue weighted by atomic mass is 9.93. The molecule has 3 aromatic rings. The molecule has 182 valence electrons. The molecule has 1 aromatic heterocycles. The second-order valence-electron chi connectivity index (χ2n) is 8.26. The number of hydrogen-bond acceptors (Lipinski definition) is 6. The molecule has 10 nitrogen and oxygen atoms in total. The molecule has 1 fully saturated rings. The van der Waals surface area contributed by atoms with Crippen molar-refractivity contribution in [2.24, 2.45) is 0 Å². The zero-order valence-corrected chi connectivity index (χ0v) is 19.7. The number of carbonyl (C=O) groups excluding carboxylic acids is 3. The van der Waals surface area contributed by atoms with Gasteiger partial charge in [0.1, 0.15) is 11.3 Å². The lowest BCUT2D eigenvalue weighted by Gasteiger charge is -2.21. The van der Waals surface area contributed by atoms with Crippen molar-refractivity contribution in [3.05, 3.63) is 89.9 Å². The number of amides is 4. The van der Waals surface area contributed by atoms with Gasteiger partial charge in [0.05, 0.1) is 17.7 Å². The van der Waals surface area contributed by atoms with Gasteiger partial charge in [0.2, 0.25) is 10.0 Å². The van der Waals surface area contributed by atoms with E-state index < -0.39 is 33.4 Å². The van der Waals surface area contributed by atoms with Gasteiger partial charge in [0.15, 0.2) is 0 Å². The van der Waals surface area contributed by atoms with Crippen LogP contribution in [0.3, 0.4) is 0 Å². The molecule has 2 heterocycles. The first kappa shape index (κ1) is 24.2. The molecule has 0 spiro atoms. The van der Waals surface area contributed by atoms with Gasteiger partial charge in [-0.1, -0.05) is 30.3 Å². The minimum atomic E-state index is -3.83. The number of nitrogens with zero attached hydrogens (tertiary/aromatic N) is 1. The fraction of sp³-hybridized carbons (Fsp3) is 0.208. The lowest BCUT2D eigenvalue weighted by molar-refractivity contribution is -0.132. The molecule has 3 N–H and O–H groups in total. The number of aryl methyl sites for hydroxylation is 1. The zero-order chi connectivity index (χ0) is 25.1. The number of hydrogen-bond donors (Lipinski definition) is 3. The van der Waals surface area contributed by atoms with Gasteiger partial charge in [0.25, 0.3) is 11.8 Å². The molecule has 35 heavy (non-hydrogen) atoms. The highest BCUT2D eigenvalue weighted by Gasteiger charge is 2.48. The number of furan rings is 1. The Morgan fingerprint density at radius 1 is 1.03 bits per heavy atom. The zero-order valence-electron chi connectivity index (χ0n) is 18.9. The summed E-state index contributed by atoms with van der Waals surface area (Å²) in [6.07, 6.45) is 2.36. The van der Waals surface area contributed by atoms with Gasteiger partial charge in [-0.15, -0.1) is 0 Å². The highest BCUT2D eigenvalue weighted by molar-refractivity contribution is 7.89. The van der Waals surface area contributed by atoms with Gasteiger partial charge in [0, 0.05) is 5.56 Å². The van der Waals surface area contributed by atoms with Gasteiger partial charge in [-0.2, -0.15) is 5.01 Å². The van der Waals surface area contributed by atoms with Gasteiger partial charge in [-0.05, 0) is 61.7 Å². The second kappa shape index (κ2) is 9.72. The lowest BCUT2D eigenvalue weighted by Crippen LogP contribution is -2.48. The van der Waals surface area contributed by atoms with Crippen molar-refractivity contribution in [2.45, 2.75) is 36.7 Å². The standard InChI is InChI=1S/C24H24N4O6S/c1-24(14-13-17-6-3-2-4-7-17)22(30)28(23(31)26-24)27-21(29)18-9-11-20(12-10-18)35(32,33)25-16-19-8-5-15-34-19/h2-12,15,25H,13-14,16H2,1H3,(H,26,31)(H,27,29). The summed E-state index contributed by atoms with van der Waals surface area (Å²) < 4.78 is 32.4. The van der Waals surface area contributed by atoms with E-state index in [1.807, 2.05) is 30.3 Å². The minimum absolute atomic E-state index is 0.0210. The number of rotatable bonds is 9. The molecule has 11 heteroatoms. The Morgan fingerprint density at radius 3 is 2.40 bits per heavy atom. The Labute approximate surface area is 202 Å². The van der Waals surface area contributed by atoms with E-state index >= 15 is 0 Å². The maximum absolute atomic E-state index is 12.9. The minimum Gasteiger partial charge on any atom is -0.468 e. The Balaban J connectivity index is 1.38. The first-order valence-corrected chi connectivity index (χ1v) is 12.3. The summed E-state index contributed by atoms with van der Waals surface area (Å²) in [5.41, 5.74) is 2.23. The fourth-order valence-electron chi connectivity index (χ4n) is 3.61. The van der Waals surface area contributed by atoms with E-state index in [0.717, 1.165) is 5.56 Å². The third-order valence-corrected chi connectivity index (χ3v) is 7.09. The van der Waals surface area contributed by atoms with E-state index in [9.17, 15) is 22.8 Å². The fourth-order valence-corrected chi connectivity index (χ4v) is 4.60. The summed E-state index contributed by atoms with van der Waals surface area (Å²) in [6, 6.07) is 17.2. The van der Waals surface area contributed by atoms with Crippen LogP contribution in [0.1, 0.15) is 35.0 Å². The molecular formula is C24H24N4O6S. The summed E-state index contributed by atoms with van der Waals surface area (Å²) in [5, 5.41) is 3.29. The Bertz CT molecular complexity index is 1320. The Hall–Kier alpha value is -3.96. The maximum Gasteiger partial charge on any atom is 0.344 e. The van der Waals surface area contributed by atoms with E-state index in [1.165, 1.54) is 30.5 Å². The summed E-state index contributed by atoms with van der Waals surface area (Å²) in [4.78, 5) is 37.9. The van der Waals surface area contributed by atoms with Crippen molar-refractivity contribution in [3.63, 3.8) is 0 Å². The Kier molecular flexibility index (Phi) is 6.72. The van der Waals surface area contributed by atoms with E-state index in [0.29, 0.717) is 23.6 Å². The molecule has 4 amide bonds. The molecule has 1 aliphatic heterocycles. The number of sulfonamides is 1. The number of benzene rings is 2. The third kappa shape index (κ3) is 5.42. The predicted octanol–water partition coefficient (Wildman–Crippen LogP) is 2.35. The predicted molar refractivity (Wildman–Crippen MR) is 125 cm³/mol. The van der Waals surface area contributed by atoms with Crippen LogP contribution in [-0.4, -0.2) is 36.8 Å². The second-order valence-corrected chi connectivity index (χ2v) is 10.0. The summed E-state index contributed by atoms with van der Waals surface area (Å²) in [6.45, 7) is 1.59. The van der Waals surface area contributed by atoms with E-state index in [4.69, 9.17) is 4.42 Å². The first-order valence-electron chi connectivity index (χ1n) is 10.8. The molecule has 2 aromatic carbocycles. The quantitative estimate of drug-likeness (QED) is 0.389. The van der Waals surface area contributed by atoms with E-state index in [2.05, 4.69) is 15.5 Å². The summed E-state index contributed by atoms with van der Waals surface area (Å²) in [5.74, 6) is -0.852. The molecule has 1 unspecified atom stereocenters. The van der Waals surface area contributed by atoms with Crippen molar-refractivity contribution in [2.75, 3.05) is 0 Å². The van der Waals surface area contributed by atoms with Crippen LogP contribution in [-0.2, 0) is 27.8 Å². The third-order valence-electron chi connectivity index (χ3n) is 5.67. The average Bonchev–Trinajstić information content (AvgIpc) is 3.45. The maximum atomic E-state index is 12.9. The molecule has 1 atom stereocenters. The van der Waals surface area contributed by atoms with E-state index in [-0.39, 0.29) is 17.0 Å². The number of nitrogens with one attached hydrogen (secondary N) is 3. The topological polar surface area (TPSA) is 138 Å². The number of carbonyl (C=O) groups is 3. The molecule has 0 saturated carbocycles. The van der Waals surface area contributed by atoms with Crippen molar-refractivity contribution < 1.29 is 27.2 Å². The molecule has 4 rings (SSSR count).